The molecule has 2 rings (SSSR count). The van der Waals surface area contributed by atoms with Crippen LogP contribution in [0.25, 0.3) is 0 Å². The summed E-state index contributed by atoms with van der Waals surface area (Å²) in [4.78, 5) is 0.314. The summed E-state index contributed by atoms with van der Waals surface area (Å²) in [5, 5.41) is 3.21. The van der Waals surface area contributed by atoms with Crippen molar-refractivity contribution < 1.29 is 8.78 Å². The second-order valence-electron chi connectivity index (χ2n) is 4.87. The molecule has 0 atom stereocenters. The molecule has 0 saturated carbocycles. The molecule has 0 unspecified atom stereocenters. The Morgan fingerprint density at radius 3 is 2.43 bits per heavy atom. The summed E-state index contributed by atoms with van der Waals surface area (Å²) in [6.45, 7) is 2.50. The topological polar surface area (TPSA) is 38.0 Å². The molecular weight excluding hydrogens is 290 g/mol. The van der Waals surface area contributed by atoms with E-state index < -0.39 is 11.6 Å². The van der Waals surface area contributed by atoms with Crippen LogP contribution in [0.15, 0.2) is 36.4 Å². The van der Waals surface area contributed by atoms with Crippen molar-refractivity contribution in [2.24, 2.45) is 5.73 Å². The Hall–Kier alpha value is -2.01. The Kier molecular flexibility index (Phi) is 4.85. The first-order chi connectivity index (χ1) is 9.95. The van der Waals surface area contributed by atoms with Gasteiger partial charge in [-0.1, -0.05) is 18.3 Å². The van der Waals surface area contributed by atoms with E-state index in [0.29, 0.717) is 23.5 Å². The van der Waals surface area contributed by atoms with Gasteiger partial charge < -0.3 is 11.1 Å². The minimum Gasteiger partial charge on any atom is -0.389 e. The van der Waals surface area contributed by atoms with E-state index in [-0.39, 0.29) is 0 Å². The third-order valence-corrected chi connectivity index (χ3v) is 3.31. The highest BCUT2D eigenvalue weighted by Crippen LogP contribution is 2.18. The van der Waals surface area contributed by atoms with E-state index >= 15 is 0 Å². The molecule has 0 heterocycles. The Bertz CT molecular complexity index is 651. The molecule has 2 nitrogen and oxygen atoms in total. The van der Waals surface area contributed by atoms with Crippen molar-refractivity contribution in [2.45, 2.75) is 13.3 Å². The number of benzene rings is 2. The predicted octanol–water partition coefficient (Wildman–Crippen LogP) is 3.56. The van der Waals surface area contributed by atoms with Gasteiger partial charge in [-0.25, -0.2) is 8.78 Å². The molecule has 0 saturated heterocycles. The fourth-order valence-electron chi connectivity index (χ4n) is 2.12. The van der Waals surface area contributed by atoms with Gasteiger partial charge in [0.05, 0.1) is 0 Å². The quantitative estimate of drug-likeness (QED) is 0.830. The van der Waals surface area contributed by atoms with E-state index in [1.807, 2.05) is 25.1 Å². The number of hydrogen-bond donors (Lipinski definition) is 2. The standard InChI is InChI=1S/C16H16F2N2S/c1-10-2-3-14(16(19)21)15(6-10)20-5-4-11-7-12(17)9-13(18)8-11/h2-3,6-9,20H,4-5H2,1H3,(H2,19,21). The zero-order chi connectivity index (χ0) is 15.4. The van der Waals surface area contributed by atoms with Crippen LogP contribution >= 0.6 is 12.2 Å². The van der Waals surface area contributed by atoms with Crippen molar-refractivity contribution in [3.05, 3.63) is 64.7 Å². The van der Waals surface area contributed by atoms with E-state index in [0.717, 1.165) is 22.9 Å². The third-order valence-electron chi connectivity index (χ3n) is 3.09. The van der Waals surface area contributed by atoms with Gasteiger partial charge in [-0.3, -0.25) is 0 Å². The molecule has 0 fully saturated rings. The lowest BCUT2D eigenvalue weighted by Gasteiger charge is -2.12. The lowest BCUT2D eigenvalue weighted by molar-refractivity contribution is 0.580. The normalized spacial score (nSPS) is 10.4. The van der Waals surface area contributed by atoms with Crippen LogP contribution in [0.5, 0.6) is 0 Å². The van der Waals surface area contributed by atoms with Crippen LogP contribution in [-0.2, 0) is 6.42 Å². The lowest BCUT2D eigenvalue weighted by atomic mass is 10.1. The fourth-order valence-corrected chi connectivity index (χ4v) is 2.29. The van der Waals surface area contributed by atoms with E-state index in [2.05, 4.69) is 5.32 Å². The van der Waals surface area contributed by atoms with Crippen molar-refractivity contribution in [1.82, 2.24) is 0 Å². The summed E-state index contributed by atoms with van der Waals surface area (Å²) in [6.07, 6.45) is 0.499. The molecular formula is C16H16F2N2S. The van der Waals surface area contributed by atoms with Crippen LogP contribution < -0.4 is 11.1 Å². The highest BCUT2D eigenvalue weighted by atomic mass is 32.1. The van der Waals surface area contributed by atoms with E-state index in [4.69, 9.17) is 18.0 Å². The average molecular weight is 306 g/mol. The Labute approximate surface area is 128 Å². The SMILES string of the molecule is Cc1ccc(C(N)=S)c(NCCc2cc(F)cc(F)c2)c1. The molecule has 3 N–H and O–H groups in total. The lowest BCUT2D eigenvalue weighted by Crippen LogP contribution is -2.14. The minimum absolute atomic E-state index is 0.314. The number of aryl methyl sites for hydroxylation is 1. The number of anilines is 1. The van der Waals surface area contributed by atoms with Crippen LogP contribution in [0.4, 0.5) is 14.5 Å². The van der Waals surface area contributed by atoms with Gasteiger partial charge in [-0.2, -0.15) is 0 Å². The zero-order valence-electron chi connectivity index (χ0n) is 11.6. The molecule has 2 aromatic carbocycles. The monoisotopic (exact) mass is 306 g/mol. The Balaban J connectivity index is 2.06. The number of nitrogens with two attached hydrogens (primary N) is 1. The maximum absolute atomic E-state index is 13.1. The zero-order valence-corrected chi connectivity index (χ0v) is 12.4. The molecule has 0 aliphatic heterocycles. The van der Waals surface area contributed by atoms with E-state index in [1.165, 1.54) is 12.1 Å². The predicted molar refractivity (Wildman–Crippen MR) is 85.6 cm³/mol. The van der Waals surface area contributed by atoms with Crippen LogP contribution in [-0.4, -0.2) is 11.5 Å². The van der Waals surface area contributed by atoms with Gasteiger partial charge in [-0.15, -0.1) is 0 Å². The molecule has 0 amide bonds. The van der Waals surface area contributed by atoms with Gasteiger partial charge >= 0.3 is 0 Å². The smallest absolute Gasteiger partial charge is 0.126 e. The summed E-state index contributed by atoms with van der Waals surface area (Å²) < 4.78 is 26.2. The van der Waals surface area contributed by atoms with Crippen LogP contribution in [0.1, 0.15) is 16.7 Å². The number of halogens is 2. The first-order valence-corrected chi connectivity index (χ1v) is 6.96. The molecule has 0 spiro atoms. The second kappa shape index (κ2) is 6.63. The molecule has 0 aliphatic rings. The molecule has 0 aliphatic carbocycles. The molecule has 5 heteroatoms. The summed E-state index contributed by atoms with van der Waals surface area (Å²) in [7, 11) is 0. The van der Waals surface area contributed by atoms with E-state index in [1.54, 1.807) is 0 Å². The average Bonchev–Trinajstić information content (AvgIpc) is 2.37. The minimum atomic E-state index is -0.565. The first-order valence-electron chi connectivity index (χ1n) is 6.55. The maximum atomic E-state index is 13.1. The van der Waals surface area contributed by atoms with Gasteiger partial charge in [0.2, 0.25) is 0 Å². The van der Waals surface area contributed by atoms with Gasteiger partial charge in [0.25, 0.3) is 0 Å². The fraction of sp³-hybridized carbons (Fsp3) is 0.188. The second-order valence-corrected chi connectivity index (χ2v) is 5.31. The Morgan fingerprint density at radius 2 is 1.81 bits per heavy atom. The van der Waals surface area contributed by atoms with Crippen molar-refractivity contribution in [3.8, 4) is 0 Å². The molecule has 2 aromatic rings. The molecule has 0 radical (unpaired) electrons. The summed E-state index contributed by atoms with van der Waals surface area (Å²) in [6, 6.07) is 9.26. The van der Waals surface area contributed by atoms with Crippen LogP contribution in [0.3, 0.4) is 0 Å². The van der Waals surface area contributed by atoms with Gasteiger partial charge in [-0.05, 0) is 48.7 Å². The largest absolute Gasteiger partial charge is 0.389 e. The van der Waals surface area contributed by atoms with Crippen molar-refractivity contribution in [3.63, 3.8) is 0 Å². The molecule has 21 heavy (non-hydrogen) atoms. The Morgan fingerprint density at radius 1 is 1.14 bits per heavy atom. The summed E-state index contributed by atoms with van der Waals surface area (Å²) >= 11 is 5.01. The third kappa shape index (κ3) is 4.23. The summed E-state index contributed by atoms with van der Waals surface area (Å²) in [5.41, 5.74) is 8.96. The highest BCUT2D eigenvalue weighted by molar-refractivity contribution is 7.80. The molecule has 0 aromatic heterocycles. The summed E-state index contributed by atoms with van der Waals surface area (Å²) in [5.74, 6) is -1.13. The first kappa shape index (κ1) is 15.4. The number of nitrogens with one attached hydrogen (secondary N) is 1. The number of hydrogen-bond acceptors (Lipinski definition) is 2. The number of rotatable bonds is 5. The van der Waals surface area contributed by atoms with Crippen LogP contribution in [0, 0.1) is 18.6 Å². The highest BCUT2D eigenvalue weighted by Gasteiger charge is 2.06. The van der Waals surface area contributed by atoms with Gasteiger partial charge in [0, 0.05) is 23.9 Å². The molecule has 0 bridgehead atoms. The van der Waals surface area contributed by atoms with Crippen LogP contribution in [0.2, 0.25) is 0 Å². The van der Waals surface area contributed by atoms with Gasteiger partial charge in [0.15, 0.2) is 0 Å². The maximum Gasteiger partial charge on any atom is 0.126 e. The molecule has 110 valence electrons. The van der Waals surface area contributed by atoms with E-state index in [9.17, 15) is 8.78 Å². The van der Waals surface area contributed by atoms with Crippen molar-refractivity contribution in [1.29, 1.82) is 0 Å². The number of thiocarbonyl (C=S) groups is 1. The van der Waals surface area contributed by atoms with Crippen molar-refractivity contribution in [2.75, 3.05) is 11.9 Å². The van der Waals surface area contributed by atoms with Gasteiger partial charge in [0.1, 0.15) is 16.6 Å². The van der Waals surface area contributed by atoms with Crippen molar-refractivity contribution >= 4 is 22.9 Å².